The average Bonchev–Trinajstić information content (AvgIpc) is 2.38. The number of hydrogen-bond donors (Lipinski definition) is 1. The highest BCUT2D eigenvalue weighted by Gasteiger charge is 2.12. The molecule has 0 radical (unpaired) electrons. The van der Waals surface area contributed by atoms with E-state index in [2.05, 4.69) is 0 Å². The summed E-state index contributed by atoms with van der Waals surface area (Å²) in [5.41, 5.74) is 7.23. The fourth-order valence-corrected chi connectivity index (χ4v) is 1.76. The van der Waals surface area contributed by atoms with Gasteiger partial charge in [-0.2, -0.15) is 0 Å². The van der Waals surface area contributed by atoms with Crippen molar-refractivity contribution in [1.29, 1.82) is 0 Å². The number of rotatable bonds is 9. The minimum atomic E-state index is -0.0718. The maximum Gasteiger partial charge on any atom is 0.124 e. The Morgan fingerprint density at radius 1 is 1.11 bits per heavy atom. The second kappa shape index (κ2) is 8.91. The predicted molar refractivity (Wildman–Crippen MR) is 76.4 cm³/mol. The Bertz CT molecular complexity index is 355. The lowest BCUT2D eigenvalue weighted by atomic mass is 10.0. The molecule has 4 nitrogen and oxygen atoms in total. The summed E-state index contributed by atoms with van der Waals surface area (Å²) in [6, 6.07) is 7.84. The van der Waals surface area contributed by atoms with E-state index in [0.717, 1.165) is 17.7 Å². The third kappa shape index (κ3) is 6.05. The molecule has 0 aliphatic carbocycles. The van der Waals surface area contributed by atoms with Gasteiger partial charge in [0.15, 0.2) is 0 Å². The first-order valence-electron chi connectivity index (χ1n) is 6.73. The van der Waals surface area contributed by atoms with Crippen LogP contribution in [0.5, 0.6) is 5.75 Å². The summed E-state index contributed by atoms with van der Waals surface area (Å²) in [6.07, 6.45) is 0.911. The van der Waals surface area contributed by atoms with Crippen LogP contribution in [0.2, 0.25) is 0 Å². The van der Waals surface area contributed by atoms with Crippen LogP contribution in [0.25, 0.3) is 0 Å². The SMILES string of the molecule is COCCOCCC(N)c1ccccc1OC(C)C. The molecule has 0 amide bonds. The fourth-order valence-electron chi connectivity index (χ4n) is 1.76. The van der Waals surface area contributed by atoms with Gasteiger partial charge in [-0.15, -0.1) is 0 Å². The van der Waals surface area contributed by atoms with E-state index in [-0.39, 0.29) is 12.1 Å². The van der Waals surface area contributed by atoms with Crippen molar-refractivity contribution in [3.63, 3.8) is 0 Å². The number of hydrogen-bond acceptors (Lipinski definition) is 4. The van der Waals surface area contributed by atoms with Gasteiger partial charge in [-0.1, -0.05) is 18.2 Å². The first kappa shape index (κ1) is 16.0. The average molecular weight is 267 g/mol. The van der Waals surface area contributed by atoms with Gasteiger partial charge in [-0.05, 0) is 26.3 Å². The zero-order chi connectivity index (χ0) is 14.1. The molecule has 108 valence electrons. The topological polar surface area (TPSA) is 53.7 Å². The van der Waals surface area contributed by atoms with E-state index in [1.54, 1.807) is 7.11 Å². The molecule has 19 heavy (non-hydrogen) atoms. The summed E-state index contributed by atoms with van der Waals surface area (Å²) in [4.78, 5) is 0. The lowest BCUT2D eigenvalue weighted by Crippen LogP contribution is -2.16. The Morgan fingerprint density at radius 3 is 2.53 bits per heavy atom. The Labute approximate surface area is 115 Å². The van der Waals surface area contributed by atoms with Gasteiger partial charge in [0.05, 0.1) is 19.3 Å². The van der Waals surface area contributed by atoms with Gasteiger partial charge in [-0.25, -0.2) is 0 Å². The van der Waals surface area contributed by atoms with Crippen molar-refractivity contribution >= 4 is 0 Å². The predicted octanol–water partition coefficient (Wildman–Crippen LogP) is 2.53. The molecule has 2 N–H and O–H groups in total. The monoisotopic (exact) mass is 267 g/mol. The van der Waals surface area contributed by atoms with E-state index in [1.807, 2.05) is 38.1 Å². The van der Waals surface area contributed by atoms with Gasteiger partial charge in [0.25, 0.3) is 0 Å². The fraction of sp³-hybridized carbons (Fsp3) is 0.600. The summed E-state index contributed by atoms with van der Waals surface area (Å²) in [6.45, 7) is 5.86. The molecule has 1 aromatic carbocycles. The molecule has 0 bridgehead atoms. The van der Waals surface area contributed by atoms with E-state index >= 15 is 0 Å². The lowest BCUT2D eigenvalue weighted by molar-refractivity contribution is 0.0670. The summed E-state index contributed by atoms with van der Waals surface area (Å²) >= 11 is 0. The molecule has 0 aliphatic heterocycles. The number of methoxy groups -OCH3 is 1. The zero-order valence-corrected chi connectivity index (χ0v) is 12.1. The second-order valence-electron chi connectivity index (χ2n) is 4.70. The first-order chi connectivity index (χ1) is 9.15. The van der Waals surface area contributed by atoms with Crippen LogP contribution in [0.3, 0.4) is 0 Å². The van der Waals surface area contributed by atoms with Crippen LogP contribution in [-0.4, -0.2) is 33.0 Å². The first-order valence-corrected chi connectivity index (χ1v) is 6.73. The van der Waals surface area contributed by atoms with Gasteiger partial charge in [0.1, 0.15) is 5.75 Å². The van der Waals surface area contributed by atoms with E-state index in [0.29, 0.717) is 19.8 Å². The number of ether oxygens (including phenoxy) is 3. The molecule has 1 atom stereocenters. The highest BCUT2D eigenvalue weighted by Crippen LogP contribution is 2.26. The highest BCUT2D eigenvalue weighted by molar-refractivity contribution is 5.35. The summed E-state index contributed by atoms with van der Waals surface area (Å²) in [5.74, 6) is 0.863. The van der Waals surface area contributed by atoms with Gasteiger partial charge < -0.3 is 19.9 Å². The van der Waals surface area contributed by atoms with E-state index in [9.17, 15) is 0 Å². The van der Waals surface area contributed by atoms with E-state index in [1.165, 1.54) is 0 Å². The number of para-hydroxylation sites is 1. The number of nitrogens with two attached hydrogens (primary N) is 1. The maximum absolute atomic E-state index is 6.20. The Hall–Kier alpha value is -1.10. The normalized spacial score (nSPS) is 12.7. The lowest BCUT2D eigenvalue weighted by Gasteiger charge is -2.18. The van der Waals surface area contributed by atoms with Gasteiger partial charge in [0, 0.05) is 25.3 Å². The molecular weight excluding hydrogens is 242 g/mol. The van der Waals surface area contributed by atoms with Crippen LogP contribution in [0.1, 0.15) is 31.9 Å². The minimum absolute atomic E-state index is 0.0718. The van der Waals surface area contributed by atoms with Gasteiger partial charge in [-0.3, -0.25) is 0 Å². The molecule has 0 saturated heterocycles. The van der Waals surface area contributed by atoms with Crippen molar-refractivity contribution in [2.75, 3.05) is 26.9 Å². The van der Waals surface area contributed by atoms with Crippen molar-refractivity contribution in [2.24, 2.45) is 5.73 Å². The molecule has 1 unspecified atom stereocenters. The third-order valence-corrected chi connectivity index (χ3v) is 2.69. The van der Waals surface area contributed by atoms with Crippen molar-refractivity contribution in [2.45, 2.75) is 32.4 Å². The highest BCUT2D eigenvalue weighted by atomic mass is 16.5. The maximum atomic E-state index is 6.20. The smallest absolute Gasteiger partial charge is 0.124 e. The van der Waals surface area contributed by atoms with E-state index < -0.39 is 0 Å². The third-order valence-electron chi connectivity index (χ3n) is 2.69. The van der Waals surface area contributed by atoms with Crippen molar-refractivity contribution in [3.05, 3.63) is 29.8 Å². The van der Waals surface area contributed by atoms with Crippen molar-refractivity contribution in [3.8, 4) is 5.75 Å². The second-order valence-corrected chi connectivity index (χ2v) is 4.70. The van der Waals surface area contributed by atoms with Gasteiger partial charge in [0.2, 0.25) is 0 Å². The Morgan fingerprint density at radius 2 is 1.84 bits per heavy atom. The van der Waals surface area contributed by atoms with Crippen molar-refractivity contribution in [1.82, 2.24) is 0 Å². The Balaban J connectivity index is 2.48. The van der Waals surface area contributed by atoms with Crippen LogP contribution in [0.4, 0.5) is 0 Å². The van der Waals surface area contributed by atoms with Crippen LogP contribution in [-0.2, 0) is 9.47 Å². The molecule has 1 aromatic rings. The molecule has 4 heteroatoms. The molecule has 0 spiro atoms. The Kier molecular flexibility index (Phi) is 7.48. The molecule has 0 saturated carbocycles. The molecule has 0 fully saturated rings. The summed E-state index contributed by atoms with van der Waals surface area (Å²) < 4.78 is 16.1. The summed E-state index contributed by atoms with van der Waals surface area (Å²) in [7, 11) is 1.66. The molecule has 1 rings (SSSR count). The molecule has 0 aliphatic rings. The van der Waals surface area contributed by atoms with E-state index in [4.69, 9.17) is 19.9 Å². The molecule has 0 aromatic heterocycles. The van der Waals surface area contributed by atoms with Crippen LogP contribution >= 0.6 is 0 Å². The van der Waals surface area contributed by atoms with Crippen LogP contribution in [0.15, 0.2) is 24.3 Å². The van der Waals surface area contributed by atoms with Gasteiger partial charge >= 0.3 is 0 Å². The standard InChI is InChI=1S/C15H25NO3/c1-12(2)19-15-7-5-4-6-13(15)14(16)8-9-18-11-10-17-3/h4-7,12,14H,8-11,16H2,1-3H3. The largest absolute Gasteiger partial charge is 0.491 e. The molecule has 0 heterocycles. The van der Waals surface area contributed by atoms with Crippen LogP contribution < -0.4 is 10.5 Å². The number of benzene rings is 1. The minimum Gasteiger partial charge on any atom is -0.491 e. The van der Waals surface area contributed by atoms with Crippen molar-refractivity contribution < 1.29 is 14.2 Å². The zero-order valence-electron chi connectivity index (χ0n) is 12.1. The quantitative estimate of drug-likeness (QED) is 0.699. The summed E-state index contributed by atoms with van der Waals surface area (Å²) in [5, 5.41) is 0. The molecular formula is C15H25NO3. The van der Waals surface area contributed by atoms with Crippen LogP contribution in [0, 0.1) is 0 Å².